The average molecular weight is 267 g/mol. The molecule has 1 heterocycles. The molecule has 3 rings (SSSR count). The van der Waals surface area contributed by atoms with Gasteiger partial charge in [0.2, 0.25) is 0 Å². The maximum absolute atomic E-state index is 6.13. The first-order chi connectivity index (χ1) is 8.27. The van der Waals surface area contributed by atoms with Gasteiger partial charge in [0.15, 0.2) is 5.17 Å². The lowest BCUT2D eigenvalue weighted by Crippen LogP contribution is -2.21. The summed E-state index contributed by atoms with van der Waals surface area (Å²) in [7, 11) is 0. The van der Waals surface area contributed by atoms with Gasteiger partial charge >= 0.3 is 0 Å². The van der Waals surface area contributed by atoms with Crippen molar-refractivity contribution in [1.82, 2.24) is 0 Å². The van der Waals surface area contributed by atoms with Crippen molar-refractivity contribution < 1.29 is 0 Å². The Morgan fingerprint density at radius 1 is 1.24 bits per heavy atom. The van der Waals surface area contributed by atoms with E-state index in [0.29, 0.717) is 0 Å². The average Bonchev–Trinajstić information content (AvgIpc) is 2.94. The number of amidine groups is 1. The van der Waals surface area contributed by atoms with E-state index in [2.05, 4.69) is 5.32 Å². The Hall–Kier alpha value is -0.670. The summed E-state index contributed by atoms with van der Waals surface area (Å²) in [5.41, 5.74) is 1.18. The lowest BCUT2D eigenvalue weighted by atomic mass is 10.0. The molecule has 0 atom stereocenters. The van der Waals surface area contributed by atoms with Crippen molar-refractivity contribution in [2.45, 2.75) is 31.2 Å². The summed E-state index contributed by atoms with van der Waals surface area (Å²) in [5.74, 6) is 1.12. The van der Waals surface area contributed by atoms with Crippen LogP contribution in [0.25, 0.3) is 0 Å². The zero-order valence-corrected chi connectivity index (χ0v) is 11.2. The van der Waals surface area contributed by atoms with Crippen molar-refractivity contribution in [3.63, 3.8) is 0 Å². The van der Waals surface area contributed by atoms with Gasteiger partial charge in [0.1, 0.15) is 0 Å². The van der Waals surface area contributed by atoms with Crippen molar-refractivity contribution in [3.8, 4) is 0 Å². The smallest absolute Gasteiger partial charge is 0.161 e. The number of thioether (sulfide) groups is 1. The number of rotatable bonds is 1. The van der Waals surface area contributed by atoms with E-state index in [0.717, 1.165) is 21.6 Å². The standard InChI is InChI=1S/C13H15ClN2S/c14-10-5-1-2-6-11(10)15-12-16-13(9-17-12)7-3-4-8-13/h1-2,5-6H,3-4,7-9H2,(H,15,16). The van der Waals surface area contributed by atoms with Crippen LogP contribution in [0.3, 0.4) is 0 Å². The first-order valence-corrected chi connectivity index (χ1v) is 7.38. The number of halogens is 1. The third kappa shape index (κ3) is 2.31. The summed E-state index contributed by atoms with van der Waals surface area (Å²) in [6.07, 6.45) is 5.13. The molecule has 2 aliphatic rings. The second kappa shape index (κ2) is 4.54. The highest BCUT2D eigenvalue weighted by atomic mass is 35.5. The molecule has 1 aliphatic heterocycles. The lowest BCUT2D eigenvalue weighted by molar-refractivity contribution is 0.508. The molecule has 0 unspecified atom stereocenters. The Bertz CT molecular complexity index is 452. The number of nitrogens with zero attached hydrogens (tertiary/aromatic N) is 1. The second-order valence-corrected chi connectivity index (χ2v) is 6.11. The number of aliphatic imine (C=N–C) groups is 1. The second-order valence-electron chi connectivity index (χ2n) is 4.74. The van der Waals surface area contributed by atoms with E-state index in [4.69, 9.17) is 16.6 Å². The van der Waals surface area contributed by atoms with Crippen LogP contribution in [0.1, 0.15) is 25.7 Å². The zero-order chi connectivity index (χ0) is 11.7. The maximum Gasteiger partial charge on any atom is 0.161 e. The number of hydrogen-bond donors (Lipinski definition) is 1. The monoisotopic (exact) mass is 266 g/mol. The molecule has 1 aromatic rings. The van der Waals surface area contributed by atoms with Gasteiger partial charge in [-0.1, -0.05) is 48.3 Å². The number of nitrogens with one attached hydrogen (secondary N) is 1. The van der Waals surface area contributed by atoms with Crippen molar-refractivity contribution in [2.24, 2.45) is 4.99 Å². The Morgan fingerprint density at radius 2 is 2.00 bits per heavy atom. The molecule has 1 aromatic carbocycles. The minimum atomic E-state index is 0.230. The predicted molar refractivity (Wildman–Crippen MR) is 76.2 cm³/mol. The van der Waals surface area contributed by atoms with Crippen LogP contribution < -0.4 is 5.32 Å². The molecule has 1 fully saturated rings. The predicted octanol–water partition coefficient (Wildman–Crippen LogP) is 4.17. The summed E-state index contributed by atoms with van der Waals surface area (Å²) in [6.45, 7) is 0. The number of hydrogen-bond acceptors (Lipinski definition) is 3. The Labute approximate surface area is 111 Å². The van der Waals surface area contributed by atoms with Gasteiger partial charge in [0, 0.05) is 5.75 Å². The molecule has 2 nitrogen and oxygen atoms in total. The fraction of sp³-hybridized carbons (Fsp3) is 0.462. The highest BCUT2D eigenvalue weighted by Crippen LogP contribution is 2.41. The van der Waals surface area contributed by atoms with Gasteiger partial charge in [-0.15, -0.1) is 0 Å². The molecule has 1 N–H and O–H groups in total. The van der Waals surface area contributed by atoms with Crippen LogP contribution in [0.2, 0.25) is 5.02 Å². The van der Waals surface area contributed by atoms with E-state index in [1.165, 1.54) is 25.7 Å². The SMILES string of the molecule is Clc1ccccc1NC1=NC2(CCCC2)CS1. The zero-order valence-electron chi connectivity index (χ0n) is 9.58. The number of anilines is 1. The maximum atomic E-state index is 6.13. The Balaban J connectivity index is 1.77. The normalized spacial score (nSPS) is 21.8. The van der Waals surface area contributed by atoms with Gasteiger partial charge in [-0.3, -0.25) is 4.99 Å². The van der Waals surface area contributed by atoms with Crippen molar-refractivity contribution in [1.29, 1.82) is 0 Å². The van der Waals surface area contributed by atoms with Crippen LogP contribution >= 0.6 is 23.4 Å². The first-order valence-electron chi connectivity index (χ1n) is 6.02. The molecular formula is C13H15ClN2S. The molecule has 17 heavy (non-hydrogen) atoms. The fourth-order valence-corrected chi connectivity index (χ4v) is 3.90. The Kier molecular flexibility index (Phi) is 3.05. The van der Waals surface area contributed by atoms with Gasteiger partial charge < -0.3 is 5.32 Å². The van der Waals surface area contributed by atoms with Gasteiger partial charge in [-0.05, 0) is 25.0 Å². The number of benzene rings is 1. The van der Waals surface area contributed by atoms with Gasteiger partial charge in [-0.25, -0.2) is 0 Å². The third-order valence-corrected chi connectivity index (χ3v) is 4.94. The van der Waals surface area contributed by atoms with Crippen LogP contribution in [0.15, 0.2) is 29.3 Å². The summed E-state index contributed by atoms with van der Waals surface area (Å²) >= 11 is 7.95. The van der Waals surface area contributed by atoms with E-state index in [1.54, 1.807) is 0 Å². The highest BCUT2D eigenvalue weighted by Gasteiger charge is 2.38. The van der Waals surface area contributed by atoms with E-state index >= 15 is 0 Å². The molecule has 0 saturated heterocycles. The van der Waals surface area contributed by atoms with Crippen LogP contribution in [0.4, 0.5) is 5.69 Å². The first kappa shape index (κ1) is 11.4. The molecule has 90 valence electrons. The molecular weight excluding hydrogens is 252 g/mol. The summed E-state index contributed by atoms with van der Waals surface area (Å²) in [6, 6.07) is 7.82. The largest absolute Gasteiger partial charge is 0.334 e. The molecule has 0 amide bonds. The molecule has 0 bridgehead atoms. The van der Waals surface area contributed by atoms with Gasteiger partial charge in [0.25, 0.3) is 0 Å². The molecule has 1 spiro atoms. The van der Waals surface area contributed by atoms with Crippen molar-refractivity contribution in [3.05, 3.63) is 29.3 Å². The van der Waals surface area contributed by atoms with Crippen LogP contribution in [0.5, 0.6) is 0 Å². The third-order valence-electron chi connectivity index (χ3n) is 3.47. The van der Waals surface area contributed by atoms with Crippen molar-refractivity contribution >= 4 is 34.2 Å². The lowest BCUT2D eigenvalue weighted by Gasteiger charge is -2.16. The molecule has 0 radical (unpaired) electrons. The van der Waals surface area contributed by atoms with Crippen LogP contribution in [0, 0.1) is 0 Å². The molecule has 4 heteroatoms. The fourth-order valence-electron chi connectivity index (χ4n) is 2.51. The minimum absolute atomic E-state index is 0.230. The molecule has 1 saturated carbocycles. The van der Waals surface area contributed by atoms with E-state index < -0.39 is 0 Å². The topological polar surface area (TPSA) is 24.4 Å². The van der Waals surface area contributed by atoms with Crippen molar-refractivity contribution in [2.75, 3.05) is 11.1 Å². The van der Waals surface area contributed by atoms with Gasteiger partial charge in [-0.2, -0.15) is 0 Å². The van der Waals surface area contributed by atoms with Crippen LogP contribution in [-0.2, 0) is 0 Å². The summed E-state index contributed by atoms with van der Waals surface area (Å²) < 4.78 is 0. The molecule has 0 aromatic heterocycles. The van der Waals surface area contributed by atoms with E-state index in [9.17, 15) is 0 Å². The summed E-state index contributed by atoms with van der Waals surface area (Å²) in [4.78, 5) is 4.87. The van der Waals surface area contributed by atoms with Crippen LogP contribution in [-0.4, -0.2) is 16.5 Å². The quantitative estimate of drug-likeness (QED) is 0.825. The van der Waals surface area contributed by atoms with E-state index in [-0.39, 0.29) is 5.54 Å². The summed E-state index contributed by atoms with van der Waals surface area (Å²) in [5, 5.41) is 5.12. The highest BCUT2D eigenvalue weighted by molar-refractivity contribution is 8.14. The minimum Gasteiger partial charge on any atom is -0.334 e. The van der Waals surface area contributed by atoms with E-state index in [1.807, 2.05) is 36.0 Å². The number of para-hydroxylation sites is 1. The Morgan fingerprint density at radius 3 is 2.76 bits per heavy atom. The van der Waals surface area contributed by atoms with Gasteiger partial charge in [0.05, 0.1) is 16.2 Å². The molecule has 1 aliphatic carbocycles.